The van der Waals surface area contributed by atoms with Crippen LogP contribution in [0.25, 0.3) is 0 Å². The van der Waals surface area contributed by atoms with Gasteiger partial charge in [0, 0.05) is 19.8 Å². The number of aromatic amines is 1. The molecule has 0 spiro atoms. The summed E-state index contributed by atoms with van der Waals surface area (Å²) < 4.78 is 5.18. The highest BCUT2D eigenvalue weighted by Gasteiger charge is 2.15. The third-order valence-corrected chi connectivity index (χ3v) is 2.55. The molecule has 0 atom stereocenters. The number of carbonyl (C=O) groups excluding carboxylic acids is 1. The van der Waals surface area contributed by atoms with Gasteiger partial charge in [0.2, 0.25) is 0 Å². The van der Waals surface area contributed by atoms with Crippen LogP contribution >= 0.6 is 0 Å². The van der Waals surface area contributed by atoms with Crippen LogP contribution in [0, 0.1) is 0 Å². The summed E-state index contributed by atoms with van der Waals surface area (Å²) >= 11 is 0. The number of hydrogen-bond acceptors (Lipinski definition) is 4. The number of nitrogen functional groups attached to an aromatic ring is 1. The molecule has 6 nitrogen and oxygen atoms in total. The number of aromatic nitrogens is 2. The molecule has 0 aromatic carbocycles. The fourth-order valence-electron chi connectivity index (χ4n) is 1.60. The van der Waals surface area contributed by atoms with Crippen LogP contribution in [-0.4, -0.2) is 35.9 Å². The summed E-state index contributed by atoms with van der Waals surface area (Å²) in [5, 5.41) is 9.53. The molecule has 4 N–H and O–H groups in total. The molecule has 1 aromatic heterocycles. The van der Waals surface area contributed by atoms with E-state index in [1.165, 1.54) is 0 Å². The molecule has 6 heteroatoms. The average molecular weight is 254 g/mol. The quantitative estimate of drug-likeness (QED) is 0.606. The second-order valence-electron chi connectivity index (χ2n) is 4.02. The molecule has 0 unspecified atom stereocenters. The molecule has 1 aromatic rings. The van der Waals surface area contributed by atoms with Crippen molar-refractivity contribution in [3.8, 4) is 0 Å². The fraction of sp³-hybridized carbons (Fsp3) is 0.667. The van der Waals surface area contributed by atoms with Crippen molar-refractivity contribution in [3.63, 3.8) is 0 Å². The number of hydrogen-bond donors (Lipinski definition) is 3. The summed E-state index contributed by atoms with van der Waals surface area (Å²) in [6, 6.07) is 0. The molecule has 0 bridgehead atoms. The first-order chi connectivity index (χ1) is 8.70. The third-order valence-electron chi connectivity index (χ3n) is 2.55. The lowest BCUT2D eigenvalue weighted by Gasteiger charge is -2.04. The standard InChI is InChI=1S/C12H22N4O2/c1-3-6-9-10(13)11(16-15-9)12(17)14-7-5-8-18-4-2/h3-8,13H2,1-2H3,(H,14,17)(H,15,16). The summed E-state index contributed by atoms with van der Waals surface area (Å²) in [7, 11) is 0. The molecule has 18 heavy (non-hydrogen) atoms. The van der Waals surface area contributed by atoms with E-state index in [0.717, 1.165) is 25.0 Å². The Morgan fingerprint density at radius 1 is 1.50 bits per heavy atom. The normalized spacial score (nSPS) is 10.6. The first kappa shape index (κ1) is 14.5. The predicted molar refractivity (Wildman–Crippen MR) is 70.4 cm³/mol. The first-order valence-corrected chi connectivity index (χ1v) is 6.39. The van der Waals surface area contributed by atoms with E-state index in [1.54, 1.807) is 0 Å². The van der Waals surface area contributed by atoms with Crippen molar-refractivity contribution in [1.29, 1.82) is 0 Å². The monoisotopic (exact) mass is 254 g/mol. The molecule has 0 aliphatic rings. The molecule has 0 fully saturated rings. The summed E-state index contributed by atoms with van der Waals surface area (Å²) in [5.74, 6) is -0.234. The van der Waals surface area contributed by atoms with Crippen LogP contribution in [0.3, 0.4) is 0 Å². The van der Waals surface area contributed by atoms with Crippen molar-refractivity contribution in [2.45, 2.75) is 33.1 Å². The molecule has 0 saturated heterocycles. The maximum Gasteiger partial charge on any atom is 0.273 e. The topological polar surface area (TPSA) is 93.0 Å². The zero-order valence-electron chi connectivity index (χ0n) is 11.1. The van der Waals surface area contributed by atoms with E-state index >= 15 is 0 Å². The molecular weight excluding hydrogens is 232 g/mol. The lowest BCUT2D eigenvalue weighted by atomic mass is 10.2. The number of nitrogens with two attached hydrogens (primary N) is 1. The highest BCUT2D eigenvalue weighted by Crippen LogP contribution is 2.15. The van der Waals surface area contributed by atoms with Crippen LogP contribution in [0.2, 0.25) is 0 Å². The van der Waals surface area contributed by atoms with Gasteiger partial charge in [0.25, 0.3) is 5.91 Å². The summed E-state index contributed by atoms with van der Waals surface area (Å²) in [5.41, 5.74) is 7.44. The summed E-state index contributed by atoms with van der Waals surface area (Å²) in [6.45, 7) is 5.90. The lowest BCUT2D eigenvalue weighted by molar-refractivity contribution is 0.0940. The van der Waals surface area contributed by atoms with Gasteiger partial charge in [-0.2, -0.15) is 5.10 Å². The Hall–Kier alpha value is -1.56. The van der Waals surface area contributed by atoms with Gasteiger partial charge in [0.15, 0.2) is 5.69 Å². The zero-order valence-corrected chi connectivity index (χ0v) is 11.1. The zero-order chi connectivity index (χ0) is 13.4. The lowest BCUT2D eigenvalue weighted by Crippen LogP contribution is -2.26. The number of ether oxygens (including phenoxy) is 1. The molecular formula is C12H22N4O2. The minimum Gasteiger partial charge on any atom is -0.395 e. The molecule has 1 heterocycles. The van der Waals surface area contributed by atoms with Gasteiger partial charge >= 0.3 is 0 Å². The summed E-state index contributed by atoms with van der Waals surface area (Å²) in [4.78, 5) is 11.8. The first-order valence-electron chi connectivity index (χ1n) is 6.39. The number of carbonyl (C=O) groups is 1. The highest BCUT2D eigenvalue weighted by atomic mass is 16.5. The second-order valence-corrected chi connectivity index (χ2v) is 4.02. The Morgan fingerprint density at radius 2 is 2.28 bits per heavy atom. The van der Waals surface area contributed by atoms with Crippen molar-refractivity contribution >= 4 is 11.6 Å². The number of nitrogens with one attached hydrogen (secondary N) is 2. The number of aryl methyl sites for hydroxylation is 1. The van der Waals surface area contributed by atoms with E-state index in [4.69, 9.17) is 10.5 Å². The summed E-state index contributed by atoms with van der Waals surface area (Å²) in [6.07, 6.45) is 2.55. The van der Waals surface area contributed by atoms with Crippen molar-refractivity contribution in [3.05, 3.63) is 11.4 Å². The van der Waals surface area contributed by atoms with Crippen molar-refractivity contribution in [2.24, 2.45) is 0 Å². The Morgan fingerprint density at radius 3 is 2.94 bits per heavy atom. The SMILES string of the molecule is CCCc1[nH]nc(C(=O)NCCCOCC)c1N. The Bertz CT molecular complexity index is 376. The van der Waals surface area contributed by atoms with Gasteiger partial charge in [-0.25, -0.2) is 0 Å². The van der Waals surface area contributed by atoms with Gasteiger partial charge < -0.3 is 15.8 Å². The van der Waals surface area contributed by atoms with E-state index < -0.39 is 0 Å². The fourth-order valence-corrected chi connectivity index (χ4v) is 1.60. The third kappa shape index (κ3) is 4.03. The number of H-pyrrole nitrogens is 1. The largest absolute Gasteiger partial charge is 0.395 e. The predicted octanol–water partition coefficient (Wildman–Crippen LogP) is 1.10. The molecule has 1 rings (SSSR count). The molecule has 0 aliphatic carbocycles. The van der Waals surface area contributed by atoms with Gasteiger partial charge in [-0.05, 0) is 19.8 Å². The van der Waals surface area contributed by atoms with Gasteiger partial charge in [0.05, 0.1) is 11.4 Å². The van der Waals surface area contributed by atoms with Gasteiger partial charge in [-0.3, -0.25) is 9.89 Å². The van der Waals surface area contributed by atoms with Crippen LogP contribution in [-0.2, 0) is 11.2 Å². The average Bonchev–Trinajstić information content (AvgIpc) is 2.71. The van der Waals surface area contributed by atoms with Gasteiger partial charge in [-0.1, -0.05) is 13.3 Å². The van der Waals surface area contributed by atoms with Crippen LogP contribution in [0.5, 0.6) is 0 Å². The Balaban J connectivity index is 2.41. The van der Waals surface area contributed by atoms with Crippen LogP contribution < -0.4 is 11.1 Å². The molecule has 1 amide bonds. The number of amides is 1. The minimum atomic E-state index is -0.234. The van der Waals surface area contributed by atoms with Crippen LogP contribution in [0.15, 0.2) is 0 Å². The maximum absolute atomic E-state index is 11.8. The molecule has 0 radical (unpaired) electrons. The molecule has 102 valence electrons. The van der Waals surface area contributed by atoms with E-state index in [0.29, 0.717) is 25.4 Å². The molecule has 0 aliphatic heterocycles. The second kappa shape index (κ2) is 7.71. The van der Waals surface area contributed by atoms with Crippen molar-refractivity contribution in [1.82, 2.24) is 15.5 Å². The minimum absolute atomic E-state index is 0.234. The van der Waals surface area contributed by atoms with Crippen molar-refractivity contribution in [2.75, 3.05) is 25.5 Å². The molecule has 0 saturated carbocycles. The van der Waals surface area contributed by atoms with Gasteiger partial charge in [0.1, 0.15) is 0 Å². The number of nitrogens with zero attached hydrogens (tertiary/aromatic N) is 1. The van der Waals surface area contributed by atoms with E-state index in [2.05, 4.69) is 15.5 Å². The van der Waals surface area contributed by atoms with E-state index in [1.807, 2.05) is 13.8 Å². The highest BCUT2D eigenvalue weighted by molar-refractivity contribution is 5.97. The van der Waals surface area contributed by atoms with Crippen LogP contribution in [0.1, 0.15) is 42.9 Å². The number of anilines is 1. The smallest absolute Gasteiger partial charge is 0.273 e. The van der Waals surface area contributed by atoms with E-state index in [9.17, 15) is 4.79 Å². The van der Waals surface area contributed by atoms with Crippen LogP contribution in [0.4, 0.5) is 5.69 Å². The Labute approximate surface area is 107 Å². The Kier molecular flexibility index (Phi) is 6.21. The van der Waals surface area contributed by atoms with Crippen molar-refractivity contribution < 1.29 is 9.53 Å². The van der Waals surface area contributed by atoms with Gasteiger partial charge in [-0.15, -0.1) is 0 Å². The maximum atomic E-state index is 11.8. The number of rotatable bonds is 8. The van der Waals surface area contributed by atoms with E-state index in [-0.39, 0.29) is 11.6 Å².